The van der Waals surface area contributed by atoms with Gasteiger partial charge in [-0.05, 0) is 28.1 Å². The van der Waals surface area contributed by atoms with E-state index in [1.807, 2.05) is 0 Å². The second-order valence-electron chi connectivity index (χ2n) is 5.41. The summed E-state index contributed by atoms with van der Waals surface area (Å²) in [4.78, 5) is 35.8. The summed E-state index contributed by atoms with van der Waals surface area (Å²) >= 11 is 3.30. The molecule has 0 unspecified atom stereocenters. The van der Waals surface area contributed by atoms with Crippen LogP contribution in [0, 0.1) is 0 Å². The Morgan fingerprint density at radius 1 is 1.20 bits per heavy atom. The average molecular weight is 414 g/mol. The number of rotatable bonds is 4. The highest BCUT2D eigenvalue weighted by Crippen LogP contribution is 2.32. The molecule has 1 aliphatic heterocycles. The zero-order chi connectivity index (χ0) is 18.8. The topological polar surface area (TPSA) is 100 Å². The Kier molecular flexibility index (Phi) is 5.36. The van der Waals surface area contributed by atoms with E-state index in [2.05, 4.69) is 21.2 Å². The number of methoxy groups -OCH3 is 2. The summed E-state index contributed by atoms with van der Waals surface area (Å²) in [6, 6.07) is 3.00. The van der Waals surface area contributed by atoms with Crippen LogP contribution in [0.15, 0.2) is 28.4 Å². The van der Waals surface area contributed by atoms with Crippen molar-refractivity contribution in [3.05, 3.63) is 33.9 Å². The van der Waals surface area contributed by atoms with Gasteiger partial charge in [0.2, 0.25) is 0 Å². The Morgan fingerprint density at radius 2 is 1.80 bits per heavy atom. The first kappa shape index (κ1) is 18.8. The van der Waals surface area contributed by atoms with Crippen molar-refractivity contribution in [2.45, 2.75) is 19.6 Å². The van der Waals surface area contributed by atoms with Crippen molar-refractivity contribution in [3.8, 4) is 5.75 Å². The largest absolute Gasteiger partial charge is 0.496 e. The van der Waals surface area contributed by atoms with E-state index < -0.39 is 23.7 Å². The van der Waals surface area contributed by atoms with Gasteiger partial charge in [0, 0.05) is 20.0 Å². The minimum Gasteiger partial charge on any atom is -0.496 e. The Labute approximate surface area is 152 Å². The standard InChI is InChI=1S/C16H16BrNO7/c1-16(2)24-14(20)9(15(21)25-16)7-18-11-6-10(17)12(22-3)5-8(11)13(19)23-4/h5-7,18H,1-4H3. The van der Waals surface area contributed by atoms with E-state index in [9.17, 15) is 14.4 Å². The van der Waals surface area contributed by atoms with Crippen LogP contribution in [0.1, 0.15) is 24.2 Å². The van der Waals surface area contributed by atoms with E-state index in [1.165, 1.54) is 34.1 Å². The number of hydrogen-bond donors (Lipinski definition) is 1. The second-order valence-corrected chi connectivity index (χ2v) is 6.26. The molecule has 9 heteroatoms. The van der Waals surface area contributed by atoms with Crippen LogP contribution < -0.4 is 10.1 Å². The fourth-order valence-electron chi connectivity index (χ4n) is 2.04. The van der Waals surface area contributed by atoms with Crippen LogP contribution in [0.3, 0.4) is 0 Å². The molecule has 0 aliphatic carbocycles. The van der Waals surface area contributed by atoms with Crippen molar-refractivity contribution >= 4 is 39.5 Å². The van der Waals surface area contributed by atoms with Crippen molar-refractivity contribution in [2.24, 2.45) is 0 Å². The van der Waals surface area contributed by atoms with Crippen LogP contribution in [0.2, 0.25) is 0 Å². The van der Waals surface area contributed by atoms with Crippen molar-refractivity contribution < 1.29 is 33.3 Å². The minimum atomic E-state index is -1.33. The number of benzene rings is 1. The summed E-state index contributed by atoms with van der Waals surface area (Å²) in [7, 11) is 2.68. The first-order valence-electron chi connectivity index (χ1n) is 7.07. The zero-order valence-electron chi connectivity index (χ0n) is 14.0. The summed E-state index contributed by atoms with van der Waals surface area (Å²) in [6.45, 7) is 2.89. The summed E-state index contributed by atoms with van der Waals surface area (Å²) in [5.41, 5.74) is 0.108. The lowest BCUT2D eigenvalue weighted by Crippen LogP contribution is -2.42. The quantitative estimate of drug-likeness (QED) is 0.456. The minimum absolute atomic E-state index is 0.150. The Bertz CT molecular complexity index is 748. The summed E-state index contributed by atoms with van der Waals surface area (Å²) in [6.07, 6.45) is 1.11. The zero-order valence-corrected chi connectivity index (χ0v) is 15.6. The van der Waals surface area contributed by atoms with Crippen LogP contribution >= 0.6 is 15.9 Å². The molecule has 1 heterocycles. The van der Waals surface area contributed by atoms with Gasteiger partial charge < -0.3 is 24.3 Å². The lowest BCUT2D eigenvalue weighted by Gasteiger charge is -2.29. The third-order valence-electron chi connectivity index (χ3n) is 3.19. The number of cyclic esters (lactones) is 2. The third kappa shape index (κ3) is 4.11. The van der Waals surface area contributed by atoms with E-state index in [1.54, 1.807) is 6.07 Å². The Hall–Kier alpha value is -2.55. The highest BCUT2D eigenvalue weighted by molar-refractivity contribution is 9.10. The number of anilines is 1. The summed E-state index contributed by atoms with van der Waals surface area (Å²) in [5.74, 6) is -3.20. The molecule has 8 nitrogen and oxygen atoms in total. The van der Waals surface area contributed by atoms with E-state index in [-0.39, 0.29) is 16.8 Å². The van der Waals surface area contributed by atoms with E-state index in [0.717, 1.165) is 6.20 Å². The summed E-state index contributed by atoms with van der Waals surface area (Å²) < 4.78 is 20.4. The van der Waals surface area contributed by atoms with E-state index in [4.69, 9.17) is 18.9 Å². The molecule has 0 radical (unpaired) electrons. The average Bonchev–Trinajstić information content (AvgIpc) is 2.52. The second kappa shape index (κ2) is 7.14. The van der Waals surface area contributed by atoms with Crippen molar-refractivity contribution in [2.75, 3.05) is 19.5 Å². The van der Waals surface area contributed by atoms with Gasteiger partial charge in [0.25, 0.3) is 5.79 Å². The van der Waals surface area contributed by atoms with Gasteiger partial charge in [-0.3, -0.25) is 0 Å². The monoisotopic (exact) mass is 413 g/mol. The number of halogens is 1. The van der Waals surface area contributed by atoms with Gasteiger partial charge in [0.05, 0.1) is 29.9 Å². The molecule has 1 saturated heterocycles. The van der Waals surface area contributed by atoms with Gasteiger partial charge in [-0.1, -0.05) is 0 Å². The maximum absolute atomic E-state index is 11.9. The smallest absolute Gasteiger partial charge is 0.350 e. The number of nitrogens with one attached hydrogen (secondary N) is 1. The van der Waals surface area contributed by atoms with Crippen LogP contribution in [-0.4, -0.2) is 37.9 Å². The maximum atomic E-state index is 11.9. The molecule has 2 rings (SSSR count). The molecule has 1 aliphatic rings. The van der Waals surface area contributed by atoms with E-state index in [0.29, 0.717) is 10.2 Å². The Morgan fingerprint density at radius 3 is 2.32 bits per heavy atom. The molecular weight excluding hydrogens is 398 g/mol. The molecule has 1 aromatic carbocycles. The molecule has 25 heavy (non-hydrogen) atoms. The third-order valence-corrected chi connectivity index (χ3v) is 3.81. The van der Waals surface area contributed by atoms with Gasteiger partial charge in [-0.15, -0.1) is 0 Å². The number of hydrogen-bond acceptors (Lipinski definition) is 8. The number of esters is 3. The maximum Gasteiger partial charge on any atom is 0.350 e. The molecule has 1 fully saturated rings. The van der Waals surface area contributed by atoms with Crippen LogP contribution in [0.5, 0.6) is 5.75 Å². The highest BCUT2D eigenvalue weighted by Gasteiger charge is 2.39. The molecule has 0 bridgehead atoms. The molecule has 1 N–H and O–H groups in total. The predicted octanol–water partition coefficient (Wildman–Crippen LogP) is 2.38. The van der Waals surface area contributed by atoms with Gasteiger partial charge in [0.1, 0.15) is 5.75 Å². The SMILES string of the molecule is COC(=O)c1cc(OC)c(Br)cc1NC=C1C(=O)OC(C)(C)OC1=O. The van der Waals surface area contributed by atoms with Gasteiger partial charge in [-0.2, -0.15) is 0 Å². The molecule has 0 amide bonds. The molecule has 0 atom stereocenters. The van der Waals surface area contributed by atoms with Gasteiger partial charge in [0.15, 0.2) is 5.57 Å². The summed E-state index contributed by atoms with van der Waals surface area (Å²) in [5, 5.41) is 2.73. The van der Waals surface area contributed by atoms with Gasteiger partial charge >= 0.3 is 17.9 Å². The number of carbonyl (C=O) groups is 3. The fourth-order valence-corrected chi connectivity index (χ4v) is 2.54. The van der Waals surface area contributed by atoms with Gasteiger partial charge in [-0.25, -0.2) is 14.4 Å². The van der Waals surface area contributed by atoms with Crippen molar-refractivity contribution in [3.63, 3.8) is 0 Å². The fraction of sp³-hybridized carbons (Fsp3) is 0.312. The normalized spacial score (nSPS) is 15.8. The van der Waals surface area contributed by atoms with Crippen LogP contribution in [0.4, 0.5) is 5.69 Å². The highest BCUT2D eigenvalue weighted by atomic mass is 79.9. The number of ether oxygens (including phenoxy) is 4. The lowest BCUT2D eigenvalue weighted by molar-refractivity contribution is -0.222. The predicted molar refractivity (Wildman–Crippen MR) is 90.0 cm³/mol. The Balaban J connectivity index is 2.37. The first-order chi connectivity index (χ1) is 11.7. The molecule has 134 valence electrons. The van der Waals surface area contributed by atoms with Crippen LogP contribution in [0.25, 0.3) is 0 Å². The van der Waals surface area contributed by atoms with Crippen LogP contribution in [-0.2, 0) is 23.8 Å². The van der Waals surface area contributed by atoms with E-state index >= 15 is 0 Å². The first-order valence-corrected chi connectivity index (χ1v) is 7.87. The molecular formula is C16H16BrNO7. The van der Waals surface area contributed by atoms with Crippen molar-refractivity contribution in [1.29, 1.82) is 0 Å². The number of carbonyl (C=O) groups excluding carboxylic acids is 3. The molecule has 0 spiro atoms. The molecule has 1 aromatic rings. The lowest BCUT2D eigenvalue weighted by atomic mass is 10.1. The van der Waals surface area contributed by atoms with Crippen molar-refractivity contribution in [1.82, 2.24) is 0 Å². The molecule has 0 saturated carbocycles. The molecule has 0 aromatic heterocycles.